The summed E-state index contributed by atoms with van der Waals surface area (Å²) in [7, 11) is 0. The molecule has 1 rings (SSSR count). The summed E-state index contributed by atoms with van der Waals surface area (Å²) >= 11 is 1.62. The van der Waals surface area contributed by atoms with Gasteiger partial charge in [0.2, 0.25) is 0 Å². The van der Waals surface area contributed by atoms with Gasteiger partial charge in [-0.25, -0.2) is 4.79 Å². The highest BCUT2D eigenvalue weighted by Crippen LogP contribution is 2.19. The van der Waals surface area contributed by atoms with E-state index < -0.39 is 24.0 Å². The highest BCUT2D eigenvalue weighted by molar-refractivity contribution is 7.98. The van der Waals surface area contributed by atoms with Crippen molar-refractivity contribution in [2.24, 2.45) is 5.92 Å². The number of amides is 1. The second kappa shape index (κ2) is 8.68. The lowest BCUT2D eigenvalue weighted by molar-refractivity contribution is -0.143. The quantitative estimate of drug-likeness (QED) is 0.719. The van der Waals surface area contributed by atoms with Crippen molar-refractivity contribution in [3.05, 3.63) is 24.3 Å². The van der Waals surface area contributed by atoms with Crippen molar-refractivity contribution in [3.8, 4) is 5.75 Å². The minimum atomic E-state index is -1.03. The smallest absolute Gasteiger partial charge is 0.326 e. The van der Waals surface area contributed by atoms with Crippen molar-refractivity contribution in [3.63, 3.8) is 0 Å². The first kappa shape index (κ1) is 18.4. The van der Waals surface area contributed by atoms with Crippen LogP contribution in [0.15, 0.2) is 29.2 Å². The summed E-state index contributed by atoms with van der Waals surface area (Å²) < 4.78 is 5.55. The van der Waals surface area contributed by atoms with Crippen molar-refractivity contribution in [2.45, 2.75) is 44.2 Å². The fourth-order valence-corrected chi connectivity index (χ4v) is 2.30. The molecule has 0 fully saturated rings. The van der Waals surface area contributed by atoms with Gasteiger partial charge in [-0.2, -0.15) is 0 Å². The van der Waals surface area contributed by atoms with Crippen LogP contribution < -0.4 is 10.1 Å². The first-order valence-electron chi connectivity index (χ1n) is 7.17. The third-order valence-corrected chi connectivity index (χ3v) is 3.81. The van der Waals surface area contributed by atoms with E-state index in [4.69, 9.17) is 9.84 Å². The van der Waals surface area contributed by atoms with Gasteiger partial charge in [0.1, 0.15) is 11.8 Å². The molecule has 22 heavy (non-hydrogen) atoms. The Hall–Kier alpha value is -1.69. The molecule has 122 valence electrons. The number of carbonyl (C=O) groups is 2. The maximum atomic E-state index is 12.1. The van der Waals surface area contributed by atoms with E-state index >= 15 is 0 Å². The number of nitrogens with one attached hydrogen (secondary N) is 1. The molecule has 0 bridgehead atoms. The Labute approximate surface area is 135 Å². The van der Waals surface area contributed by atoms with Gasteiger partial charge >= 0.3 is 5.97 Å². The van der Waals surface area contributed by atoms with E-state index in [9.17, 15) is 9.59 Å². The van der Waals surface area contributed by atoms with E-state index in [1.807, 2.05) is 32.2 Å². The minimum absolute atomic E-state index is 0.178. The van der Waals surface area contributed by atoms with E-state index in [0.717, 1.165) is 4.90 Å². The van der Waals surface area contributed by atoms with Gasteiger partial charge in [0.15, 0.2) is 6.10 Å². The summed E-state index contributed by atoms with van der Waals surface area (Å²) in [5, 5.41) is 11.7. The summed E-state index contributed by atoms with van der Waals surface area (Å²) in [4.78, 5) is 24.3. The molecule has 0 aliphatic rings. The van der Waals surface area contributed by atoms with Gasteiger partial charge in [0, 0.05) is 4.90 Å². The van der Waals surface area contributed by atoms with Crippen LogP contribution in [0.3, 0.4) is 0 Å². The largest absolute Gasteiger partial charge is 0.481 e. The van der Waals surface area contributed by atoms with Gasteiger partial charge < -0.3 is 15.2 Å². The Morgan fingerprint density at radius 3 is 2.27 bits per heavy atom. The van der Waals surface area contributed by atoms with Crippen LogP contribution in [0.5, 0.6) is 5.75 Å². The summed E-state index contributed by atoms with van der Waals surface area (Å²) in [6.45, 7) is 5.43. The first-order valence-corrected chi connectivity index (χ1v) is 8.39. The molecule has 5 nitrogen and oxygen atoms in total. The Morgan fingerprint density at radius 1 is 1.23 bits per heavy atom. The summed E-state index contributed by atoms with van der Waals surface area (Å²) in [5.41, 5.74) is 0. The van der Waals surface area contributed by atoms with Crippen LogP contribution in [-0.2, 0) is 9.59 Å². The van der Waals surface area contributed by atoms with Gasteiger partial charge in [0.25, 0.3) is 5.91 Å². The van der Waals surface area contributed by atoms with Gasteiger partial charge in [-0.1, -0.05) is 13.8 Å². The van der Waals surface area contributed by atoms with E-state index in [2.05, 4.69) is 5.32 Å². The van der Waals surface area contributed by atoms with Crippen molar-refractivity contribution in [2.75, 3.05) is 6.26 Å². The standard InChI is InChI=1S/C16H23NO4S/c1-10(2)9-14(16(19)20)17-15(18)11(3)21-12-5-7-13(22-4)8-6-12/h5-8,10-11,14H,9H2,1-4H3,(H,17,18)(H,19,20)/t11?,14-/m1/s1. The first-order chi connectivity index (χ1) is 10.3. The average Bonchev–Trinajstić information content (AvgIpc) is 2.46. The lowest BCUT2D eigenvalue weighted by Gasteiger charge is -2.20. The van der Waals surface area contributed by atoms with E-state index in [0.29, 0.717) is 12.2 Å². The molecule has 1 aromatic carbocycles. The molecule has 2 atom stereocenters. The topological polar surface area (TPSA) is 75.6 Å². The number of hydrogen-bond donors (Lipinski definition) is 2. The molecule has 0 spiro atoms. The number of thioether (sulfide) groups is 1. The predicted molar refractivity (Wildman–Crippen MR) is 87.3 cm³/mol. The van der Waals surface area contributed by atoms with Gasteiger partial charge in [-0.05, 0) is 49.8 Å². The number of aliphatic carboxylic acids is 1. The molecular formula is C16H23NO4S. The van der Waals surface area contributed by atoms with Crippen LogP contribution in [0.1, 0.15) is 27.2 Å². The maximum absolute atomic E-state index is 12.1. The molecule has 0 radical (unpaired) electrons. The fraction of sp³-hybridized carbons (Fsp3) is 0.500. The normalized spacial score (nSPS) is 13.5. The Kier molecular flexibility index (Phi) is 7.24. The lowest BCUT2D eigenvalue weighted by atomic mass is 10.0. The lowest BCUT2D eigenvalue weighted by Crippen LogP contribution is -2.46. The Morgan fingerprint density at radius 2 is 1.82 bits per heavy atom. The van der Waals surface area contributed by atoms with E-state index in [1.165, 1.54) is 0 Å². The number of ether oxygens (including phenoxy) is 1. The van der Waals surface area contributed by atoms with E-state index in [1.54, 1.807) is 30.8 Å². The Balaban J connectivity index is 2.61. The minimum Gasteiger partial charge on any atom is -0.481 e. The maximum Gasteiger partial charge on any atom is 0.326 e. The molecule has 1 amide bonds. The predicted octanol–water partition coefficient (Wildman–Crippen LogP) is 2.79. The van der Waals surface area contributed by atoms with Crippen LogP contribution in [0.4, 0.5) is 0 Å². The van der Waals surface area contributed by atoms with Crippen LogP contribution >= 0.6 is 11.8 Å². The zero-order valence-electron chi connectivity index (χ0n) is 13.3. The highest BCUT2D eigenvalue weighted by Gasteiger charge is 2.24. The number of benzene rings is 1. The van der Waals surface area contributed by atoms with Gasteiger partial charge in [-0.3, -0.25) is 4.79 Å². The zero-order valence-corrected chi connectivity index (χ0v) is 14.1. The van der Waals surface area contributed by atoms with Crippen LogP contribution in [0.2, 0.25) is 0 Å². The third kappa shape index (κ3) is 5.97. The molecule has 0 aliphatic heterocycles. The van der Waals surface area contributed by atoms with Crippen LogP contribution in [-0.4, -0.2) is 35.4 Å². The molecule has 0 saturated heterocycles. The second-order valence-corrected chi connectivity index (χ2v) is 6.34. The van der Waals surface area contributed by atoms with Gasteiger partial charge in [0.05, 0.1) is 0 Å². The van der Waals surface area contributed by atoms with Crippen molar-refractivity contribution in [1.29, 1.82) is 0 Å². The van der Waals surface area contributed by atoms with Gasteiger partial charge in [-0.15, -0.1) is 11.8 Å². The highest BCUT2D eigenvalue weighted by atomic mass is 32.2. The summed E-state index contributed by atoms with van der Waals surface area (Å²) in [6, 6.07) is 6.50. The van der Waals surface area contributed by atoms with Crippen LogP contribution in [0.25, 0.3) is 0 Å². The molecule has 0 aromatic heterocycles. The van der Waals surface area contributed by atoms with Crippen molar-refractivity contribution < 1.29 is 19.4 Å². The SMILES string of the molecule is CSc1ccc(OC(C)C(=O)N[C@H](CC(C)C)C(=O)O)cc1. The second-order valence-electron chi connectivity index (χ2n) is 5.46. The summed E-state index contributed by atoms with van der Waals surface area (Å²) in [6.07, 6.45) is 1.61. The molecule has 1 unspecified atom stereocenters. The molecule has 1 aromatic rings. The average molecular weight is 325 g/mol. The number of hydrogen-bond acceptors (Lipinski definition) is 4. The number of carbonyl (C=O) groups excluding carboxylic acids is 1. The zero-order chi connectivity index (χ0) is 16.7. The molecule has 0 aliphatic carbocycles. The fourth-order valence-electron chi connectivity index (χ4n) is 1.89. The van der Waals surface area contributed by atoms with Crippen molar-refractivity contribution in [1.82, 2.24) is 5.32 Å². The Bertz CT molecular complexity index is 501. The molecular weight excluding hydrogens is 302 g/mol. The monoisotopic (exact) mass is 325 g/mol. The summed E-state index contributed by atoms with van der Waals surface area (Å²) in [5.74, 6) is -0.700. The van der Waals surface area contributed by atoms with Crippen molar-refractivity contribution >= 4 is 23.6 Å². The molecule has 6 heteroatoms. The third-order valence-electron chi connectivity index (χ3n) is 3.06. The molecule has 0 heterocycles. The van der Waals surface area contributed by atoms with E-state index in [-0.39, 0.29) is 5.92 Å². The van der Waals surface area contributed by atoms with Crippen LogP contribution in [0, 0.1) is 5.92 Å². The number of carboxylic acid groups (broad SMARTS) is 1. The number of carboxylic acids is 1. The molecule has 0 saturated carbocycles. The number of rotatable bonds is 8. The molecule has 2 N–H and O–H groups in total.